The van der Waals surface area contributed by atoms with Crippen LogP contribution < -0.4 is 4.90 Å². The molecule has 0 bridgehead atoms. The molecule has 248 valence electrons. The molecule has 1 spiro atoms. The van der Waals surface area contributed by atoms with Gasteiger partial charge in [0.05, 0.1) is 27.8 Å². The number of fused-ring (bicyclic) bond motifs is 10. The van der Waals surface area contributed by atoms with Crippen molar-refractivity contribution < 1.29 is 0 Å². The molecule has 53 heavy (non-hydrogen) atoms. The average molecular weight is 676 g/mol. The lowest BCUT2D eigenvalue weighted by Gasteiger charge is -2.45. The lowest BCUT2D eigenvalue weighted by molar-refractivity contribution is 0.753. The first-order valence-corrected chi connectivity index (χ1v) is 18.2. The van der Waals surface area contributed by atoms with Gasteiger partial charge < -0.3 is 4.90 Å². The predicted molar refractivity (Wildman–Crippen MR) is 217 cm³/mol. The number of hydrogen-bond acceptors (Lipinski definition) is 2. The second-order valence-electron chi connectivity index (χ2n) is 13.9. The number of nitrogens with zero attached hydrogens (tertiary/aromatic N) is 3. The van der Waals surface area contributed by atoms with Crippen LogP contribution in [0.4, 0.5) is 17.1 Å². The highest BCUT2D eigenvalue weighted by molar-refractivity contribution is 5.96. The zero-order valence-electron chi connectivity index (χ0n) is 28.9. The van der Waals surface area contributed by atoms with Gasteiger partial charge in [0.2, 0.25) is 0 Å². The first-order valence-electron chi connectivity index (χ1n) is 18.2. The first kappa shape index (κ1) is 29.7. The molecule has 2 aliphatic rings. The van der Waals surface area contributed by atoms with Gasteiger partial charge in [0.15, 0.2) is 0 Å². The van der Waals surface area contributed by atoms with Gasteiger partial charge in [-0.2, -0.15) is 0 Å². The first-order chi connectivity index (χ1) is 26.3. The van der Waals surface area contributed by atoms with Crippen molar-refractivity contribution in [1.29, 1.82) is 0 Å². The smallest absolute Gasteiger partial charge is 0.145 e. The molecule has 0 amide bonds. The van der Waals surface area contributed by atoms with E-state index in [4.69, 9.17) is 4.98 Å². The molecule has 3 nitrogen and oxygen atoms in total. The zero-order chi connectivity index (χ0) is 34.9. The molecular formula is C50H33N3. The van der Waals surface area contributed by atoms with Crippen LogP contribution in [-0.2, 0) is 5.41 Å². The SMILES string of the molecule is c1ccc(-c2nc3ccccc3n2-c2cccc(-c3ccc4c(c3)-c3ccccc3C43c4ccccc4N(c4ccccc4)c4ccccc43)c2)cc1. The monoisotopic (exact) mass is 675 g/mol. The van der Waals surface area contributed by atoms with E-state index in [9.17, 15) is 0 Å². The van der Waals surface area contributed by atoms with Crippen molar-refractivity contribution in [2.75, 3.05) is 4.90 Å². The summed E-state index contributed by atoms with van der Waals surface area (Å²) in [6.45, 7) is 0. The normalized spacial score (nSPS) is 13.4. The Labute approximate surface area is 308 Å². The second-order valence-corrected chi connectivity index (χ2v) is 13.9. The van der Waals surface area contributed by atoms with E-state index in [-0.39, 0.29) is 0 Å². The van der Waals surface area contributed by atoms with E-state index in [1.807, 2.05) is 0 Å². The third-order valence-electron chi connectivity index (χ3n) is 11.2. The largest absolute Gasteiger partial charge is 0.310 e. The zero-order valence-corrected chi connectivity index (χ0v) is 28.9. The van der Waals surface area contributed by atoms with Gasteiger partial charge in [0.25, 0.3) is 0 Å². The van der Waals surface area contributed by atoms with Gasteiger partial charge in [-0.15, -0.1) is 0 Å². The summed E-state index contributed by atoms with van der Waals surface area (Å²) >= 11 is 0. The van der Waals surface area contributed by atoms with Crippen LogP contribution in [0.15, 0.2) is 200 Å². The number of hydrogen-bond donors (Lipinski definition) is 0. The summed E-state index contributed by atoms with van der Waals surface area (Å²) in [7, 11) is 0. The van der Waals surface area contributed by atoms with E-state index >= 15 is 0 Å². The number of imidazole rings is 1. The summed E-state index contributed by atoms with van der Waals surface area (Å²) in [4.78, 5) is 7.53. The summed E-state index contributed by atoms with van der Waals surface area (Å²) < 4.78 is 2.29. The third-order valence-corrected chi connectivity index (χ3v) is 11.2. The van der Waals surface area contributed by atoms with Crippen LogP contribution in [0.1, 0.15) is 22.3 Å². The summed E-state index contributed by atoms with van der Waals surface area (Å²) in [5, 5.41) is 0. The highest BCUT2D eigenvalue weighted by Crippen LogP contribution is 2.63. The van der Waals surface area contributed by atoms with E-state index in [1.165, 1.54) is 55.9 Å². The molecular weight excluding hydrogens is 643 g/mol. The molecule has 8 aromatic carbocycles. The van der Waals surface area contributed by atoms with Crippen LogP contribution >= 0.6 is 0 Å². The molecule has 1 aliphatic carbocycles. The van der Waals surface area contributed by atoms with Crippen molar-refractivity contribution in [1.82, 2.24) is 9.55 Å². The van der Waals surface area contributed by atoms with E-state index in [0.29, 0.717) is 0 Å². The van der Waals surface area contributed by atoms with Crippen molar-refractivity contribution >= 4 is 28.1 Å². The molecule has 0 radical (unpaired) electrons. The third kappa shape index (κ3) is 4.25. The summed E-state index contributed by atoms with van der Waals surface area (Å²) in [6, 6.07) is 72.7. The molecule has 1 aromatic heterocycles. The van der Waals surface area contributed by atoms with E-state index in [0.717, 1.165) is 33.8 Å². The highest BCUT2D eigenvalue weighted by atomic mass is 15.2. The molecule has 1 aliphatic heterocycles. The van der Waals surface area contributed by atoms with Crippen LogP contribution in [0.5, 0.6) is 0 Å². The standard InChI is InChI=1S/C50H33N3/c1-3-16-34(17-4-1)49-51-45-26-11-14-29-48(45)53(49)38-21-15-18-35(32-38)36-30-31-42-40(33-36)39-22-7-8-23-41(39)50(42)43-24-9-12-27-46(43)52(37-19-5-2-6-20-37)47-28-13-10-25-44(47)50/h1-33H. The Morgan fingerprint density at radius 3 is 1.72 bits per heavy atom. The minimum Gasteiger partial charge on any atom is -0.310 e. The molecule has 3 heteroatoms. The molecule has 9 aromatic rings. The van der Waals surface area contributed by atoms with Crippen molar-refractivity contribution in [3.8, 4) is 39.3 Å². The fourth-order valence-electron chi connectivity index (χ4n) is 9.04. The van der Waals surface area contributed by atoms with Crippen molar-refractivity contribution in [3.63, 3.8) is 0 Å². The van der Waals surface area contributed by atoms with Gasteiger partial charge >= 0.3 is 0 Å². The van der Waals surface area contributed by atoms with Crippen LogP contribution in [0, 0.1) is 0 Å². The summed E-state index contributed by atoms with van der Waals surface area (Å²) in [5.41, 5.74) is 17.5. The van der Waals surface area contributed by atoms with E-state index in [2.05, 4.69) is 210 Å². The maximum atomic E-state index is 5.10. The summed E-state index contributed by atoms with van der Waals surface area (Å²) in [5.74, 6) is 0.938. The Kier molecular flexibility index (Phi) is 6.47. The molecule has 0 saturated carbocycles. The quantitative estimate of drug-likeness (QED) is 0.185. The Morgan fingerprint density at radius 1 is 0.377 bits per heavy atom. The number of rotatable bonds is 4. The van der Waals surface area contributed by atoms with Crippen molar-refractivity contribution in [2.45, 2.75) is 5.41 Å². The molecule has 0 atom stereocenters. The average Bonchev–Trinajstić information content (AvgIpc) is 3.76. The molecule has 0 N–H and O–H groups in total. The Morgan fingerprint density at radius 2 is 0.943 bits per heavy atom. The fourth-order valence-corrected chi connectivity index (χ4v) is 9.04. The molecule has 2 heterocycles. The van der Waals surface area contributed by atoms with Gasteiger partial charge in [-0.05, 0) is 99.1 Å². The van der Waals surface area contributed by atoms with Crippen LogP contribution in [-0.4, -0.2) is 9.55 Å². The maximum absolute atomic E-state index is 5.10. The number of para-hydroxylation sites is 5. The van der Waals surface area contributed by atoms with Gasteiger partial charge in [-0.3, -0.25) is 4.57 Å². The number of benzene rings is 8. The Balaban J connectivity index is 1.12. The van der Waals surface area contributed by atoms with Crippen LogP contribution in [0.3, 0.4) is 0 Å². The van der Waals surface area contributed by atoms with E-state index < -0.39 is 5.41 Å². The van der Waals surface area contributed by atoms with Gasteiger partial charge in [0.1, 0.15) is 5.82 Å². The highest BCUT2D eigenvalue weighted by Gasteiger charge is 2.51. The lowest BCUT2D eigenvalue weighted by atomic mass is 9.64. The van der Waals surface area contributed by atoms with Gasteiger partial charge in [0, 0.05) is 16.9 Å². The lowest BCUT2D eigenvalue weighted by Crippen LogP contribution is -2.36. The molecule has 0 unspecified atom stereocenters. The molecule has 0 saturated heterocycles. The maximum Gasteiger partial charge on any atom is 0.145 e. The van der Waals surface area contributed by atoms with Crippen LogP contribution in [0.2, 0.25) is 0 Å². The van der Waals surface area contributed by atoms with Crippen molar-refractivity contribution in [2.24, 2.45) is 0 Å². The van der Waals surface area contributed by atoms with Crippen molar-refractivity contribution in [3.05, 3.63) is 222 Å². The minimum absolute atomic E-state index is 0.467. The van der Waals surface area contributed by atoms with E-state index in [1.54, 1.807) is 0 Å². The Bertz CT molecular complexity index is 2800. The van der Waals surface area contributed by atoms with Gasteiger partial charge in [-0.1, -0.05) is 146 Å². The Hall–Kier alpha value is -6.97. The molecule has 0 fully saturated rings. The van der Waals surface area contributed by atoms with Gasteiger partial charge in [-0.25, -0.2) is 4.98 Å². The predicted octanol–water partition coefficient (Wildman–Crippen LogP) is 12.5. The minimum atomic E-state index is -0.467. The second kappa shape index (κ2) is 11.5. The number of anilines is 3. The molecule has 11 rings (SSSR count). The fraction of sp³-hybridized carbons (Fsp3) is 0.0200. The number of aromatic nitrogens is 2. The topological polar surface area (TPSA) is 21.1 Å². The summed E-state index contributed by atoms with van der Waals surface area (Å²) in [6.07, 6.45) is 0. The van der Waals surface area contributed by atoms with Crippen LogP contribution in [0.25, 0.3) is 50.4 Å².